The van der Waals surface area contributed by atoms with Crippen LogP contribution in [0.1, 0.15) is 60.8 Å². The van der Waals surface area contributed by atoms with E-state index in [2.05, 4.69) is 0 Å². The van der Waals surface area contributed by atoms with Gasteiger partial charge in [-0.2, -0.15) is 0 Å². The summed E-state index contributed by atoms with van der Waals surface area (Å²) in [4.78, 5) is 38.7. The summed E-state index contributed by atoms with van der Waals surface area (Å²) in [6.45, 7) is 8.53. The van der Waals surface area contributed by atoms with Gasteiger partial charge in [-0.15, -0.1) is 0 Å². The van der Waals surface area contributed by atoms with Gasteiger partial charge in [-0.3, -0.25) is 9.59 Å². The lowest BCUT2D eigenvalue weighted by atomic mass is 9.94. The Hall–Kier alpha value is -3.12. The predicted octanol–water partition coefficient (Wildman–Crippen LogP) is 5.81. The molecule has 0 saturated heterocycles. The van der Waals surface area contributed by atoms with Crippen LogP contribution in [0.15, 0.2) is 42.5 Å². The Morgan fingerprint density at radius 3 is 2.23 bits per heavy atom. The minimum absolute atomic E-state index is 0.0212. The van der Waals surface area contributed by atoms with Crippen molar-refractivity contribution >= 4 is 40.3 Å². The van der Waals surface area contributed by atoms with Crippen molar-refractivity contribution in [1.82, 2.24) is 4.57 Å². The number of nitrogens with zero attached hydrogens (tertiary/aromatic N) is 1. The number of fused-ring (bicyclic) bond motifs is 1. The molecule has 0 fully saturated rings. The van der Waals surface area contributed by atoms with Crippen molar-refractivity contribution in [3.63, 3.8) is 0 Å². The number of benzene rings is 2. The minimum Gasteiger partial charge on any atom is -0.481 e. The monoisotopic (exact) mass is 441 g/mol. The number of carboxylic acids is 1. The van der Waals surface area contributed by atoms with Gasteiger partial charge in [-0.05, 0) is 70.5 Å². The zero-order valence-corrected chi connectivity index (χ0v) is 18.8. The molecule has 0 aliphatic carbocycles. The van der Waals surface area contributed by atoms with E-state index in [0.29, 0.717) is 15.9 Å². The van der Waals surface area contributed by atoms with Gasteiger partial charge in [-0.25, -0.2) is 9.36 Å². The summed E-state index contributed by atoms with van der Waals surface area (Å²) in [6, 6.07) is 11.5. The van der Waals surface area contributed by atoms with E-state index in [1.165, 1.54) is 11.5 Å². The fourth-order valence-corrected chi connectivity index (χ4v) is 3.57. The van der Waals surface area contributed by atoms with Gasteiger partial charge in [0, 0.05) is 21.5 Å². The fourth-order valence-electron chi connectivity index (χ4n) is 3.44. The molecular formula is C24H24ClNO5. The van der Waals surface area contributed by atoms with E-state index in [-0.39, 0.29) is 16.8 Å². The Bertz CT molecular complexity index is 1190. The van der Waals surface area contributed by atoms with E-state index >= 15 is 0 Å². The molecule has 0 amide bonds. The number of rotatable bonds is 4. The number of aliphatic carboxylic acids is 1. The maximum Gasteiger partial charge on any atom is 0.419 e. The first-order valence-electron chi connectivity index (χ1n) is 9.82. The molecule has 1 heterocycles. The van der Waals surface area contributed by atoms with Crippen molar-refractivity contribution < 1.29 is 24.2 Å². The largest absolute Gasteiger partial charge is 0.481 e. The molecule has 162 valence electrons. The number of carbonyl (C=O) groups excluding carboxylic acids is 2. The smallest absolute Gasteiger partial charge is 0.419 e. The van der Waals surface area contributed by atoms with Gasteiger partial charge in [0.15, 0.2) is 0 Å². The lowest BCUT2D eigenvalue weighted by molar-refractivity contribution is -0.138. The number of aromatic nitrogens is 1. The molecule has 6 nitrogen and oxygen atoms in total. The van der Waals surface area contributed by atoms with Crippen molar-refractivity contribution in [3.8, 4) is 0 Å². The molecular weight excluding hydrogens is 418 g/mol. The van der Waals surface area contributed by atoms with Crippen molar-refractivity contribution in [2.24, 2.45) is 0 Å². The third kappa shape index (κ3) is 4.49. The number of halogens is 1. The zero-order valence-electron chi connectivity index (χ0n) is 18.0. The van der Waals surface area contributed by atoms with E-state index < -0.39 is 29.4 Å². The van der Waals surface area contributed by atoms with E-state index in [9.17, 15) is 19.5 Å². The Labute approximate surface area is 185 Å². The Morgan fingerprint density at radius 1 is 1.06 bits per heavy atom. The first-order valence-corrected chi connectivity index (χ1v) is 10.2. The molecule has 1 N–H and O–H groups in total. The molecule has 0 bridgehead atoms. The molecule has 2 aromatic carbocycles. The number of carboxylic acid groups (broad SMARTS) is 1. The van der Waals surface area contributed by atoms with Crippen molar-refractivity contribution in [3.05, 3.63) is 69.9 Å². The summed E-state index contributed by atoms with van der Waals surface area (Å²) in [5, 5.41) is 10.7. The Kier molecular flexibility index (Phi) is 5.96. The molecule has 3 aromatic rings. The van der Waals surface area contributed by atoms with E-state index in [4.69, 9.17) is 16.3 Å². The van der Waals surface area contributed by atoms with Crippen LogP contribution in [0.3, 0.4) is 0 Å². The number of hydrogen-bond acceptors (Lipinski definition) is 4. The average Bonchev–Trinajstić information content (AvgIpc) is 3.00. The first kappa shape index (κ1) is 22.6. The van der Waals surface area contributed by atoms with Gasteiger partial charge < -0.3 is 9.84 Å². The van der Waals surface area contributed by atoms with Gasteiger partial charge in [0.1, 0.15) is 11.3 Å². The number of aryl methyl sites for hydroxylation is 1. The summed E-state index contributed by atoms with van der Waals surface area (Å²) in [5.74, 6) is -2.62. The number of carbonyl (C=O) groups is 3. The second-order valence-electron chi connectivity index (χ2n) is 8.49. The summed E-state index contributed by atoms with van der Waals surface area (Å²) in [5.41, 5.74) is 1.01. The molecule has 0 aliphatic rings. The SMILES string of the molecule is Cc1ccc2c(C(C)C(=O)O)c(C(=O)c3ccc(Cl)cc3)n(C(=O)OC(C)(C)C)c2c1. The predicted molar refractivity (Wildman–Crippen MR) is 119 cm³/mol. The quantitative estimate of drug-likeness (QED) is 0.516. The highest BCUT2D eigenvalue weighted by Gasteiger charge is 2.33. The number of ketones is 1. The van der Waals surface area contributed by atoms with Crippen LogP contribution >= 0.6 is 11.6 Å². The molecule has 1 unspecified atom stereocenters. The van der Waals surface area contributed by atoms with Gasteiger partial charge in [0.25, 0.3) is 0 Å². The fraction of sp³-hybridized carbons (Fsp3) is 0.292. The van der Waals surface area contributed by atoms with E-state index in [1.807, 2.05) is 13.0 Å². The third-order valence-corrected chi connectivity index (χ3v) is 5.12. The van der Waals surface area contributed by atoms with Crippen LogP contribution in [-0.2, 0) is 9.53 Å². The number of ether oxygens (including phenoxy) is 1. The molecule has 0 spiro atoms. The molecule has 31 heavy (non-hydrogen) atoms. The molecule has 0 radical (unpaired) electrons. The Balaban J connectivity index is 2.40. The highest BCUT2D eigenvalue weighted by atomic mass is 35.5. The normalized spacial score (nSPS) is 12.6. The van der Waals surface area contributed by atoms with Crippen molar-refractivity contribution in [1.29, 1.82) is 0 Å². The van der Waals surface area contributed by atoms with Crippen LogP contribution in [0, 0.1) is 6.92 Å². The summed E-state index contributed by atoms with van der Waals surface area (Å²) < 4.78 is 6.77. The maximum absolute atomic E-state index is 13.6. The van der Waals surface area contributed by atoms with Gasteiger partial charge in [-0.1, -0.05) is 23.7 Å². The summed E-state index contributed by atoms with van der Waals surface area (Å²) in [7, 11) is 0. The molecule has 1 atom stereocenters. The maximum atomic E-state index is 13.6. The number of hydrogen-bond donors (Lipinski definition) is 1. The summed E-state index contributed by atoms with van der Waals surface area (Å²) in [6.07, 6.45) is -0.746. The lowest BCUT2D eigenvalue weighted by Gasteiger charge is -2.21. The standard InChI is InChI=1S/C24H24ClNO5/c1-13-6-11-17-18(12-13)26(23(30)31-24(3,4)5)20(19(17)14(2)22(28)29)21(27)15-7-9-16(25)10-8-15/h6-12,14H,1-5H3,(H,28,29). The van der Waals surface area contributed by atoms with E-state index in [1.54, 1.807) is 57.2 Å². The van der Waals surface area contributed by atoms with Crippen LogP contribution in [0.25, 0.3) is 10.9 Å². The van der Waals surface area contributed by atoms with Crippen LogP contribution in [-0.4, -0.2) is 33.1 Å². The summed E-state index contributed by atoms with van der Waals surface area (Å²) >= 11 is 5.95. The molecule has 0 aliphatic heterocycles. The Morgan fingerprint density at radius 2 is 1.68 bits per heavy atom. The van der Waals surface area contributed by atoms with Crippen molar-refractivity contribution in [2.75, 3.05) is 0 Å². The third-order valence-electron chi connectivity index (χ3n) is 4.86. The minimum atomic E-state index is -1.10. The van der Waals surface area contributed by atoms with Gasteiger partial charge in [0.05, 0.1) is 11.4 Å². The molecule has 7 heteroatoms. The second kappa shape index (κ2) is 8.19. The molecule has 3 rings (SSSR count). The molecule has 0 saturated carbocycles. The molecule has 1 aromatic heterocycles. The second-order valence-corrected chi connectivity index (χ2v) is 8.93. The highest BCUT2D eigenvalue weighted by molar-refractivity contribution is 6.30. The topological polar surface area (TPSA) is 85.6 Å². The van der Waals surface area contributed by atoms with Gasteiger partial charge >= 0.3 is 12.1 Å². The average molecular weight is 442 g/mol. The zero-order chi connectivity index (χ0) is 23.1. The van der Waals surface area contributed by atoms with Crippen LogP contribution in [0.5, 0.6) is 0 Å². The van der Waals surface area contributed by atoms with Gasteiger partial charge in [0.2, 0.25) is 5.78 Å². The van der Waals surface area contributed by atoms with Crippen LogP contribution in [0.2, 0.25) is 5.02 Å². The first-order chi connectivity index (χ1) is 14.4. The lowest BCUT2D eigenvalue weighted by Crippen LogP contribution is -2.29. The highest BCUT2D eigenvalue weighted by Crippen LogP contribution is 2.35. The van der Waals surface area contributed by atoms with Crippen molar-refractivity contribution in [2.45, 2.75) is 46.1 Å². The van der Waals surface area contributed by atoms with Crippen LogP contribution < -0.4 is 0 Å². The van der Waals surface area contributed by atoms with Crippen LogP contribution in [0.4, 0.5) is 4.79 Å². The van der Waals surface area contributed by atoms with E-state index in [0.717, 1.165) is 5.56 Å².